The summed E-state index contributed by atoms with van der Waals surface area (Å²) in [5, 5.41) is 14.4. The van der Waals surface area contributed by atoms with Crippen LogP contribution in [0.4, 0.5) is 0 Å². The van der Waals surface area contributed by atoms with E-state index >= 15 is 0 Å². The first-order valence-corrected chi connectivity index (χ1v) is 13.0. The van der Waals surface area contributed by atoms with Gasteiger partial charge in [0.2, 0.25) is 0 Å². The second kappa shape index (κ2) is 10.4. The van der Waals surface area contributed by atoms with Crippen molar-refractivity contribution < 1.29 is 9.90 Å². The first-order chi connectivity index (χ1) is 17.5. The van der Waals surface area contributed by atoms with Gasteiger partial charge in [-0.25, -0.2) is 4.52 Å². The Labute approximate surface area is 212 Å². The number of piperidine rings is 1. The molecule has 1 unspecified atom stereocenters. The van der Waals surface area contributed by atoms with Crippen molar-refractivity contribution in [3.8, 4) is 0 Å². The molecule has 0 saturated carbocycles. The van der Waals surface area contributed by atoms with Crippen LogP contribution in [0.2, 0.25) is 0 Å². The number of likely N-dealkylation sites (tertiary alicyclic amines) is 1. The van der Waals surface area contributed by atoms with Gasteiger partial charge in [-0.15, -0.1) is 0 Å². The standard InChI is InChI=1S/C29H35N5O2/c1-4-24(19-35)32-13-11-21(12-14-32)23-9-10-25-8-6-7-22(15-29(36)33(25)18-23)27-16-28-26(5-2)30-20(3)17-34(28)31-27/h6-10,15-18,21,24,35H,4-5,11-14,19H2,1-3H3/b7-6?,22-15?,25-8+. The molecule has 0 aliphatic carbocycles. The smallest absolute Gasteiger partial charge is 0.255 e. The van der Waals surface area contributed by atoms with Crippen molar-refractivity contribution in [2.75, 3.05) is 19.7 Å². The van der Waals surface area contributed by atoms with Gasteiger partial charge in [0.1, 0.15) is 0 Å². The van der Waals surface area contributed by atoms with Crippen LogP contribution in [0.1, 0.15) is 50.2 Å². The number of aromatic nitrogens is 3. The minimum absolute atomic E-state index is 0.0757. The SMILES string of the molecule is CCc1nc(C)cn2nc(C3=CC(=O)N4C=C(C5CCN(C(CC)CO)CC5)C=C/C4=C\C=C3)cc12. The maximum Gasteiger partial charge on any atom is 0.255 e. The Morgan fingerprint density at radius 3 is 2.69 bits per heavy atom. The van der Waals surface area contributed by atoms with Gasteiger partial charge in [-0.05, 0) is 75.4 Å². The predicted octanol–water partition coefficient (Wildman–Crippen LogP) is 4.20. The summed E-state index contributed by atoms with van der Waals surface area (Å²) in [4.78, 5) is 22.2. The Bertz CT molecular complexity index is 1300. The minimum atomic E-state index is -0.0757. The highest BCUT2D eigenvalue weighted by Gasteiger charge is 2.28. The van der Waals surface area contributed by atoms with Crippen LogP contribution >= 0.6 is 0 Å². The summed E-state index contributed by atoms with van der Waals surface area (Å²) in [7, 11) is 0. The van der Waals surface area contributed by atoms with Crippen molar-refractivity contribution in [2.45, 2.75) is 52.5 Å². The Balaban J connectivity index is 1.39. The van der Waals surface area contributed by atoms with Crippen molar-refractivity contribution in [3.05, 3.63) is 83.3 Å². The highest BCUT2D eigenvalue weighted by Crippen LogP contribution is 2.32. The first-order valence-electron chi connectivity index (χ1n) is 13.0. The Hall–Kier alpha value is -3.29. The van der Waals surface area contributed by atoms with Gasteiger partial charge in [-0.3, -0.25) is 19.6 Å². The summed E-state index contributed by atoms with van der Waals surface area (Å²) >= 11 is 0. The van der Waals surface area contributed by atoms with E-state index < -0.39 is 0 Å². The van der Waals surface area contributed by atoms with E-state index in [4.69, 9.17) is 5.10 Å². The molecule has 1 fully saturated rings. The van der Waals surface area contributed by atoms with Crippen LogP contribution in [0.5, 0.6) is 0 Å². The summed E-state index contributed by atoms with van der Waals surface area (Å²) in [6.45, 7) is 8.35. The van der Waals surface area contributed by atoms with Gasteiger partial charge >= 0.3 is 0 Å². The highest BCUT2D eigenvalue weighted by molar-refractivity contribution is 5.99. The number of amides is 1. The topological polar surface area (TPSA) is 74.0 Å². The van der Waals surface area contributed by atoms with Crippen LogP contribution in [0.3, 0.4) is 0 Å². The molecule has 0 spiro atoms. The van der Waals surface area contributed by atoms with Crippen molar-refractivity contribution in [3.63, 3.8) is 0 Å². The normalized spacial score (nSPS) is 21.5. The second-order valence-electron chi connectivity index (χ2n) is 9.82. The second-order valence-corrected chi connectivity index (χ2v) is 9.82. The number of hydrogen-bond acceptors (Lipinski definition) is 5. The number of carbonyl (C=O) groups excluding carboxylic acids is 1. The van der Waals surface area contributed by atoms with Gasteiger partial charge in [-0.1, -0.05) is 32.1 Å². The van der Waals surface area contributed by atoms with E-state index in [0.717, 1.165) is 72.6 Å². The van der Waals surface area contributed by atoms with E-state index in [2.05, 4.69) is 29.8 Å². The van der Waals surface area contributed by atoms with Gasteiger partial charge in [0, 0.05) is 29.6 Å². The number of aryl methyl sites for hydroxylation is 2. The van der Waals surface area contributed by atoms with Crippen LogP contribution in [-0.2, 0) is 11.2 Å². The fourth-order valence-corrected chi connectivity index (χ4v) is 5.44. The number of allylic oxidation sites excluding steroid dienone is 7. The largest absolute Gasteiger partial charge is 0.395 e. The molecule has 2 aromatic heterocycles. The number of carbonyl (C=O) groups is 1. The Kier molecular flexibility index (Phi) is 7.03. The number of hydrogen-bond donors (Lipinski definition) is 1. The summed E-state index contributed by atoms with van der Waals surface area (Å²) in [5.41, 5.74) is 6.50. The van der Waals surface area contributed by atoms with Gasteiger partial charge in [0.15, 0.2) is 0 Å². The van der Waals surface area contributed by atoms with Crippen LogP contribution in [0, 0.1) is 12.8 Å². The van der Waals surface area contributed by atoms with Gasteiger partial charge in [-0.2, -0.15) is 5.10 Å². The molecule has 7 nitrogen and oxygen atoms in total. The minimum Gasteiger partial charge on any atom is -0.395 e. The zero-order chi connectivity index (χ0) is 25.2. The predicted molar refractivity (Wildman–Crippen MR) is 142 cm³/mol. The fraction of sp³-hybridized carbons (Fsp3) is 0.414. The lowest BCUT2D eigenvalue weighted by Crippen LogP contribution is -2.43. The molecule has 36 heavy (non-hydrogen) atoms. The van der Waals surface area contributed by atoms with Crippen LogP contribution in [0.25, 0.3) is 11.1 Å². The van der Waals surface area contributed by atoms with Crippen molar-refractivity contribution >= 4 is 17.0 Å². The molecule has 7 heteroatoms. The molecule has 0 bridgehead atoms. The van der Waals surface area contributed by atoms with E-state index in [0.29, 0.717) is 5.92 Å². The molecule has 1 amide bonds. The average Bonchev–Trinajstić information content (AvgIpc) is 3.31. The highest BCUT2D eigenvalue weighted by atomic mass is 16.3. The van der Waals surface area contributed by atoms with Gasteiger partial charge in [0.05, 0.1) is 35.4 Å². The molecule has 188 valence electrons. The molecule has 3 aliphatic rings. The molecule has 0 radical (unpaired) electrons. The Morgan fingerprint density at radius 2 is 1.97 bits per heavy atom. The molecular weight excluding hydrogens is 450 g/mol. The molecule has 5 rings (SSSR count). The lowest BCUT2D eigenvalue weighted by molar-refractivity contribution is -0.122. The lowest BCUT2D eigenvalue weighted by Gasteiger charge is -2.37. The molecule has 1 saturated heterocycles. The molecule has 1 N–H and O–H groups in total. The van der Waals surface area contributed by atoms with E-state index in [-0.39, 0.29) is 18.6 Å². The molecule has 3 aliphatic heterocycles. The number of rotatable bonds is 6. The maximum absolute atomic E-state index is 13.4. The van der Waals surface area contributed by atoms with E-state index in [1.165, 1.54) is 5.57 Å². The van der Waals surface area contributed by atoms with Gasteiger partial charge < -0.3 is 5.11 Å². The third-order valence-corrected chi connectivity index (χ3v) is 7.54. The molecule has 2 aromatic rings. The molecule has 1 atom stereocenters. The molecular formula is C29H35N5O2. The number of aliphatic hydroxyl groups excluding tert-OH is 1. The zero-order valence-corrected chi connectivity index (χ0v) is 21.4. The zero-order valence-electron chi connectivity index (χ0n) is 21.4. The maximum atomic E-state index is 13.4. The number of aliphatic hydroxyl groups is 1. The van der Waals surface area contributed by atoms with Crippen LogP contribution in [0.15, 0.2) is 66.2 Å². The van der Waals surface area contributed by atoms with Crippen LogP contribution in [-0.4, -0.2) is 61.1 Å². The summed E-state index contributed by atoms with van der Waals surface area (Å²) in [6.07, 6.45) is 19.6. The van der Waals surface area contributed by atoms with Crippen molar-refractivity contribution in [1.82, 2.24) is 24.4 Å². The fourth-order valence-electron chi connectivity index (χ4n) is 5.44. The van der Waals surface area contributed by atoms with E-state index in [1.54, 1.807) is 11.0 Å². The van der Waals surface area contributed by atoms with E-state index in [9.17, 15) is 9.90 Å². The van der Waals surface area contributed by atoms with Crippen molar-refractivity contribution in [2.24, 2.45) is 5.92 Å². The molecule has 5 heterocycles. The quantitative estimate of drug-likeness (QED) is 0.664. The molecule has 0 aromatic carbocycles. The number of nitrogens with zero attached hydrogens (tertiary/aromatic N) is 5. The third kappa shape index (κ3) is 4.73. The summed E-state index contributed by atoms with van der Waals surface area (Å²) in [5.74, 6) is 0.336. The monoisotopic (exact) mass is 485 g/mol. The van der Waals surface area contributed by atoms with E-state index in [1.807, 2.05) is 54.2 Å². The number of fused-ring (bicyclic) bond motifs is 2. The van der Waals surface area contributed by atoms with Crippen LogP contribution < -0.4 is 0 Å². The van der Waals surface area contributed by atoms with Gasteiger partial charge in [0.25, 0.3) is 5.91 Å². The summed E-state index contributed by atoms with van der Waals surface area (Å²) in [6, 6.07) is 2.26. The average molecular weight is 486 g/mol. The first kappa shape index (κ1) is 24.4. The van der Waals surface area contributed by atoms with Crippen molar-refractivity contribution in [1.29, 1.82) is 0 Å². The summed E-state index contributed by atoms with van der Waals surface area (Å²) < 4.78 is 1.86. The Morgan fingerprint density at radius 1 is 1.17 bits per heavy atom. The lowest BCUT2D eigenvalue weighted by atomic mass is 9.87. The third-order valence-electron chi connectivity index (χ3n) is 7.54.